The molecule has 0 unspecified atom stereocenters. The third-order valence-electron chi connectivity index (χ3n) is 6.40. The Hall–Kier alpha value is -3.98. The van der Waals surface area contributed by atoms with E-state index in [0.29, 0.717) is 31.3 Å². The zero-order valence-electron chi connectivity index (χ0n) is 19.4. The Labute approximate surface area is 211 Å². The van der Waals surface area contributed by atoms with Crippen LogP contribution in [0.3, 0.4) is 0 Å². The Morgan fingerprint density at radius 1 is 0.861 bits per heavy atom. The second kappa shape index (κ2) is 9.58. The summed E-state index contributed by atoms with van der Waals surface area (Å²) < 4.78 is 15.2. The lowest BCUT2D eigenvalue weighted by Gasteiger charge is -2.36. The van der Waals surface area contributed by atoms with E-state index in [2.05, 4.69) is 15.1 Å². The van der Waals surface area contributed by atoms with Crippen LogP contribution in [0.15, 0.2) is 84.0 Å². The number of carbonyl (C=O) groups is 1. The molecule has 9 heteroatoms. The molecule has 6 rings (SSSR count). The van der Waals surface area contributed by atoms with Crippen LogP contribution in [0.2, 0.25) is 0 Å². The summed E-state index contributed by atoms with van der Waals surface area (Å²) in [6, 6.07) is 24.3. The predicted octanol–water partition coefficient (Wildman–Crippen LogP) is 4.52. The number of para-hydroxylation sites is 1. The summed E-state index contributed by atoms with van der Waals surface area (Å²) in [5, 5.41) is 10.5. The SMILES string of the molecule is O=C(CSc1nnc2c3ccccc3nc(-c3ccccc3)n12)N1CCN(c2ccc(F)cc2)CC1. The van der Waals surface area contributed by atoms with Gasteiger partial charge in [-0.15, -0.1) is 10.2 Å². The van der Waals surface area contributed by atoms with Crippen molar-refractivity contribution in [3.8, 4) is 11.4 Å². The molecule has 1 saturated heterocycles. The lowest BCUT2D eigenvalue weighted by molar-refractivity contribution is -0.128. The minimum atomic E-state index is -0.246. The third-order valence-corrected chi connectivity index (χ3v) is 7.31. The van der Waals surface area contributed by atoms with Crippen molar-refractivity contribution in [3.63, 3.8) is 0 Å². The van der Waals surface area contributed by atoms with Crippen LogP contribution < -0.4 is 4.90 Å². The summed E-state index contributed by atoms with van der Waals surface area (Å²) in [4.78, 5) is 22.0. The van der Waals surface area contributed by atoms with E-state index in [1.807, 2.05) is 63.9 Å². The van der Waals surface area contributed by atoms with Crippen molar-refractivity contribution in [1.82, 2.24) is 24.5 Å². The maximum atomic E-state index is 13.2. The Balaban J connectivity index is 1.21. The first-order chi connectivity index (χ1) is 17.7. The number of nitrogens with zero attached hydrogens (tertiary/aromatic N) is 6. The number of aromatic nitrogens is 4. The lowest BCUT2D eigenvalue weighted by atomic mass is 10.2. The predicted molar refractivity (Wildman–Crippen MR) is 140 cm³/mol. The van der Waals surface area contributed by atoms with Crippen molar-refractivity contribution < 1.29 is 9.18 Å². The molecule has 0 bridgehead atoms. The zero-order chi connectivity index (χ0) is 24.5. The van der Waals surface area contributed by atoms with Crippen LogP contribution in [0.25, 0.3) is 27.9 Å². The standard InChI is InChI=1S/C27H23FN6OS/c28-20-10-12-21(13-11-20)32-14-16-33(17-15-32)24(35)18-36-27-31-30-26-22-8-4-5-9-23(22)29-25(34(26)27)19-6-2-1-3-7-19/h1-13H,14-18H2. The second-order valence-corrected chi connectivity index (χ2v) is 9.54. The first-order valence-electron chi connectivity index (χ1n) is 11.8. The highest BCUT2D eigenvalue weighted by atomic mass is 32.2. The van der Waals surface area contributed by atoms with E-state index in [-0.39, 0.29) is 17.5 Å². The van der Waals surface area contributed by atoms with Gasteiger partial charge in [-0.3, -0.25) is 9.20 Å². The quantitative estimate of drug-likeness (QED) is 0.332. The molecule has 180 valence electrons. The number of rotatable bonds is 5. The minimum absolute atomic E-state index is 0.0607. The summed E-state index contributed by atoms with van der Waals surface area (Å²) in [7, 11) is 0. The molecule has 1 aliphatic rings. The molecular formula is C27H23FN6OS. The number of hydrogen-bond acceptors (Lipinski definition) is 6. The van der Waals surface area contributed by atoms with Gasteiger partial charge in [-0.25, -0.2) is 9.37 Å². The molecular weight excluding hydrogens is 475 g/mol. The zero-order valence-corrected chi connectivity index (χ0v) is 20.2. The molecule has 1 amide bonds. The van der Waals surface area contributed by atoms with Crippen LogP contribution in [-0.4, -0.2) is 62.3 Å². The van der Waals surface area contributed by atoms with Crippen molar-refractivity contribution in [2.45, 2.75) is 5.16 Å². The van der Waals surface area contributed by atoms with Crippen molar-refractivity contribution in [2.24, 2.45) is 0 Å². The van der Waals surface area contributed by atoms with Gasteiger partial charge in [0.1, 0.15) is 11.6 Å². The molecule has 36 heavy (non-hydrogen) atoms. The molecule has 0 spiro atoms. The van der Waals surface area contributed by atoms with E-state index in [9.17, 15) is 9.18 Å². The number of amides is 1. The summed E-state index contributed by atoms with van der Waals surface area (Å²) >= 11 is 1.38. The van der Waals surface area contributed by atoms with Gasteiger partial charge in [0.15, 0.2) is 10.8 Å². The van der Waals surface area contributed by atoms with Gasteiger partial charge in [0, 0.05) is 42.8 Å². The monoisotopic (exact) mass is 498 g/mol. The average Bonchev–Trinajstić information content (AvgIpc) is 3.37. The Morgan fingerprint density at radius 2 is 1.58 bits per heavy atom. The fraction of sp³-hybridized carbons (Fsp3) is 0.185. The molecule has 7 nitrogen and oxygen atoms in total. The molecule has 1 fully saturated rings. The molecule has 0 radical (unpaired) electrons. The number of carbonyl (C=O) groups excluding carboxylic acids is 1. The van der Waals surface area contributed by atoms with E-state index in [1.165, 1.54) is 23.9 Å². The van der Waals surface area contributed by atoms with E-state index >= 15 is 0 Å². The van der Waals surface area contributed by atoms with Gasteiger partial charge in [-0.2, -0.15) is 0 Å². The molecule has 2 aromatic heterocycles. The second-order valence-electron chi connectivity index (χ2n) is 8.59. The highest BCUT2D eigenvalue weighted by molar-refractivity contribution is 7.99. The van der Waals surface area contributed by atoms with E-state index in [1.54, 1.807) is 12.1 Å². The number of piperazine rings is 1. The summed E-state index contributed by atoms with van der Waals surface area (Å²) in [6.45, 7) is 2.67. The van der Waals surface area contributed by atoms with Crippen LogP contribution in [0.4, 0.5) is 10.1 Å². The van der Waals surface area contributed by atoms with Crippen LogP contribution >= 0.6 is 11.8 Å². The van der Waals surface area contributed by atoms with Crippen molar-refractivity contribution in [1.29, 1.82) is 0 Å². The molecule has 3 heterocycles. The smallest absolute Gasteiger partial charge is 0.233 e. The fourth-order valence-corrected chi connectivity index (χ4v) is 5.35. The van der Waals surface area contributed by atoms with E-state index in [4.69, 9.17) is 4.98 Å². The Bertz CT molecular complexity index is 1530. The summed E-state index contributed by atoms with van der Waals surface area (Å²) in [6.07, 6.45) is 0. The molecule has 0 atom stereocenters. The molecule has 0 saturated carbocycles. The highest BCUT2D eigenvalue weighted by Gasteiger charge is 2.23. The first kappa shape index (κ1) is 22.5. The van der Waals surface area contributed by atoms with Crippen LogP contribution in [0.1, 0.15) is 0 Å². The Morgan fingerprint density at radius 3 is 2.36 bits per heavy atom. The number of halogens is 1. The van der Waals surface area contributed by atoms with Gasteiger partial charge in [-0.1, -0.05) is 54.2 Å². The van der Waals surface area contributed by atoms with Crippen LogP contribution in [0.5, 0.6) is 0 Å². The number of anilines is 1. The van der Waals surface area contributed by atoms with Crippen molar-refractivity contribution in [3.05, 3.63) is 84.7 Å². The average molecular weight is 499 g/mol. The molecule has 5 aromatic rings. The Kier molecular flexibility index (Phi) is 5.98. The minimum Gasteiger partial charge on any atom is -0.368 e. The van der Waals surface area contributed by atoms with Gasteiger partial charge in [-0.05, 0) is 36.4 Å². The fourth-order valence-electron chi connectivity index (χ4n) is 4.52. The maximum Gasteiger partial charge on any atom is 0.233 e. The molecule has 3 aromatic carbocycles. The van der Waals surface area contributed by atoms with Crippen LogP contribution in [0, 0.1) is 5.82 Å². The summed E-state index contributed by atoms with van der Waals surface area (Å²) in [5.74, 6) is 0.824. The molecule has 1 aliphatic heterocycles. The normalized spacial score (nSPS) is 14.0. The third kappa shape index (κ3) is 4.26. The van der Waals surface area contributed by atoms with Crippen LogP contribution in [-0.2, 0) is 4.79 Å². The van der Waals surface area contributed by atoms with Gasteiger partial charge >= 0.3 is 0 Å². The van der Waals surface area contributed by atoms with Crippen molar-refractivity contribution >= 4 is 39.9 Å². The lowest BCUT2D eigenvalue weighted by Crippen LogP contribution is -2.49. The highest BCUT2D eigenvalue weighted by Crippen LogP contribution is 2.29. The van der Waals surface area contributed by atoms with Gasteiger partial charge in [0.25, 0.3) is 0 Å². The van der Waals surface area contributed by atoms with Gasteiger partial charge in [0.05, 0.1) is 11.3 Å². The number of hydrogen-bond donors (Lipinski definition) is 0. The first-order valence-corrected chi connectivity index (χ1v) is 12.8. The topological polar surface area (TPSA) is 66.6 Å². The number of benzene rings is 3. The molecule has 0 aliphatic carbocycles. The van der Waals surface area contributed by atoms with Crippen molar-refractivity contribution in [2.75, 3.05) is 36.8 Å². The summed E-state index contributed by atoms with van der Waals surface area (Å²) in [5.41, 5.74) is 3.50. The number of fused-ring (bicyclic) bond motifs is 3. The largest absolute Gasteiger partial charge is 0.368 e. The van der Waals surface area contributed by atoms with E-state index < -0.39 is 0 Å². The molecule has 0 N–H and O–H groups in total. The number of thioether (sulfide) groups is 1. The van der Waals surface area contributed by atoms with Gasteiger partial charge < -0.3 is 9.80 Å². The maximum absolute atomic E-state index is 13.2. The van der Waals surface area contributed by atoms with E-state index in [0.717, 1.165) is 33.6 Å². The van der Waals surface area contributed by atoms with Gasteiger partial charge in [0.2, 0.25) is 5.91 Å².